The smallest absolute Gasteiger partial charge is 0.184 e. The van der Waals surface area contributed by atoms with Crippen molar-refractivity contribution in [2.24, 2.45) is 5.84 Å². The fourth-order valence-electron chi connectivity index (χ4n) is 2.97. The summed E-state index contributed by atoms with van der Waals surface area (Å²) < 4.78 is 3.61. The Hall–Kier alpha value is -3.34. The van der Waals surface area contributed by atoms with Gasteiger partial charge in [0.2, 0.25) is 0 Å². The molecule has 0 aromatic carbocycles. The highest BCUT2D eigenvalue weighted by Crippen LogP contribution is 2.22. The first-order chi connectivity index (χ1) is 13.7. The minimum Gasteiger partial charge on any atom is -0.392 e. The molecule has 0 unspecified atom stereocenters. The zero-order valence-corrected chi connectivity index (χ0v) is 15.1. The lowest BCUT2D eigenvalue weighted by molar-refractivity contribution is -0.461. The van der Waals surface area contributed by atoms with Crippen LogP contribution >= 0.6 is 0 Å². The first-order valence-corrected chi connectivity index (χ1v) is 8.79. The highest BCUT2D eigenvalue weighted by molar-refractivity contribution is 6.09. The van der Waals surface area contributed by atoms with E-state index in [1.54, 1.807) is 16.9 Å². The summed E-state index contributed by atoms with van der Waals surface area (Å²) in [5.41, 5.74) is 6.83. The number of hydrogen-bond acceptors (Lipinski definition) is 8. The number of rotatable bonds is 8. The lowest BCUT2D eigenvalue weighted by Crippen LogP contribution is -2.21. The Balaban J connectivity index is 1.52. The maximum Gasteiger partial charge on any atom is 0.184 e. The van der Waals surface area contributed by atoms with Crippen LogP contribution in [0.4, 0.5) is 11.6 Å². The Labute approximate surface area is 160 Å². The van der Waals surface area contributed by atoms with Crippen LogP contribution in [0.2, 0.25) is 0 Å². The third kappa shape index (κ3) is 3.43. The highest BCUT2D eigenvalue weighted by atomic mass is 16.3. The Morgan fingerprint density at radius 2 is 2.07 bits per heavy atom. The normalized spacial score (nSPS) is 13.1. The summed E-state index contributed by atoms with van der Waals surface area (Å²) in [6.45, 7) is 1.08. The number of nitrogen functional groups attached to an aromatic ring is 1. The number of aliphatic hydroxyl groups excluding tert-OH is 2. The maximum atomic E-state index is 9.42. The van der Waals surface area contributed by atoms with Crippen molar-refractivity contribution in [2.75, 3.05) is 23.9 Å². The van der Waals surface area contributed by atoms with Gasteiger partial charge >= 0.3 is 0 Å². The zero-order valence-electron chi connectivity index (χ0n) is 15.1. The van der Waals surface area contributed by atoms with Gasteiger partial charge in [0, 0.05) is 18.3 Å². The molecule has 1 aliphatic heterocycles. The van der Waals surface area contributed by atoms with E-state index in [1.807, 2.05) is 35.3 Å². The van der Waals surface area contributed by atoms with E-state index in [-0.39, 0.29) is 13.2 Å². The Kier molecular flexibility index (Phi) is 4.98. The van der Waals surface area contributed by atoms with Crippen molar-refractivity contribution in [2.45, 2.75) is 13.2 Å². The molecule has 3 aromatic heterocycles. The molecule has 0 spiro atoms. The van der Waals surface area contributed by atoms with Crippen LogP contribution in [0.15, 0.2) is 36.9 Å². The number of nitrogens with one attached hydrogen (secondary N) is 2. The molecular weight excluding hydrogens is 360 g/mol. The molecule has 0 radical (unpaired) electrons. The number of allylic oxidation sites excluding steroid dienone is 1. The molecule has 0 atom stereocenters. The van der Waals surface area contributed by atoms with E-state index >= 15 is 0 Å². The summed E-state index contributed by atoms with van der Waals surface area (Å²) >= 11 is 0. The van der Waals surface area contributed by atoms with Crippen molar-refractivity contribution in [3.8, 4) is 0 Å². The van der Waals surface area contributed by atoms with Gasteiger partial charge in [-0.25, -0.2) is 24.9 Å². The molecule has 0 bridgehead atoms. The second-order valence-corrected chi connectivity index (χ2v) is 6.32. The third-order valence-corrected chi connectivity index (χ3v) is 4.47. The summed E-state index contributed by atoms with van der Waals surface area (Å²) in [5, 5.41) is 25.8. The zero-order chi connectivity index (χ0) is 19.5. The van der Waals surface area contributed by atoms with Crippen LogP contribution in [0.1, 0.15) is 16.8 Å². The lowest BCUT2D eigenvalue weighted by atomic mass is 10.1. The second kappa shape index (κ2) is 7.72. The molecule has 0 fully saturated rings. The monoisotopic (exact) mass is 381 g/mol. The molecule has 6 N–H and O–H groups in total. The van der Waals surface area contributed by atoms with E-state index in [1.165, 1.54) is 0 Å². The number of aliphatic hydroxyl groups is 2. The minimum absolute atomic E-state index is 0.0615. The molecule has 0 saturated heterocycles. The summed E-state index contributed by atoms with van der Waals surface area (Å²) in [6.07, 6.45) is 8.96. The quantitative estimate of drug-likeness (QED) is 0.208. The summed E-state index contributed by atoms with van der Waals surface area (Å²) in [6, 6.07) is 3.91. The van der Waals surface area contributed by atoms with Gasteiger partial charge in [0.1, 0.15) is 17.9 Å². The third-order valence-electron chi connectivity index (χ3n) is 4.47. The number of hydrazine groups is 1. The van der Waals surface area contributed by atoms with E-state index in [9.17, 15) is 5.11 Å². The van der Waals surface area contributed by atoms with Crippen molar-refractivity contribution in [1.29, 1.82) is 0 Å². The number of β-amino-alcohol motifs (C(OH)–C–C–N with tert-alkyl or cyclic N) is 1. The average molecular weight is 381 g/mol. The van der Waals surface area contributed by atoms with Gasteiger partial charge in [-0.2, -0.15) is 5.10 Å². The molecule has 4 heterocycles. The van der Waals surface area contributed by atoms with Gasteiger partial charge in [-0.1, -0.05) is 0 Å². The topological polar surface area (TPSA) is 137 Å². The van der Waals surface area contributed by atoms with Crippen LogP contribution in [0, 0.1) is 0 Å². The van der Waals surface area contributed by atoms with Gasteiger partial charge in [0.05, 0.1) is 24.5 Å². The summed E-state index contributed by atoms with van der Waals surface area (Å²) in [5.74, 6) is 6.54. The Morgan fingerprint density at radius 1 is 1.21 bits per heavy atom. The van der Waals surface area contributed by atoms with Crippen LogP contribution < -0.4 is 16.6 Å². The first kappa shape index (κ1) is 18.0. The van der Waals surface area contributed by atoms with Gasteiger partial charge in [-0.05, 0) is 17.7 Å². The SMILES string of the molecule is NNc1ncc(C2=C[N+](CCO)=C2)nc1NCc1ccn2ncc(CO)c2c1. The van der Waals surface area contributed by atoms with Crippen LogP contribution in [0.5, 0.6) is 0 Å². The fourth-order valence-corrected chi connectivity index (χ4v) is 2.97. The molecule has 1 aliphatic rings. The van der Waals surface area contributed by atoms with E-state index in [4.69, 9.17) is 10.9 Å². The van der Waals surface area contributed by atoms with Crippen LogP contribution in [-0.4, -0.2) is 53.7 Å². The fraction of sp³-hybridized carbons (Fsp3) is 0.222. The van der Waals surface area contributed by atoms with Gasteiger partial charge < -0.3 is 21.0 Å². The molecular formula is C18H21N8O2+. The molecule has 0 amide bonds. The molecule has 0 saturated carbocycles. The van der Waals surface area contributed by atoms with Crippen molar-refractivity contribution in [1.82, 2.24) is 19.6 Å². The van der Waals surface area contributed by atoms with E-state index < -0.39 is 0 Å². The average Bonchev–Trinajstić information content (AvgIpc) is 3.11. The Bertz CT molecular complexity index is 1070. The van der Waals surface area contributed by atoms with Crippen LogP contribution in [-0.2, 0) is 13.2 Å². The van der Waals surface area contributed by atoms with E-state index in [0.29, 0.717) is 30.4 Å². The van der Waals surface area contributed by atoms with Crippen molar-refractivity contribution in [3.63, 3.8) is 0 Å². The Morgan fingerprint density at radius 3 is 2.82 bits per heavy atom. The van der Waals surface area contributed by atoms with Crippen LogP contribution in [0.25, 0.3) is 11.1 Å². The number of fused-ring (bicyclic) bond motifs is 1. The highest BCUT2D eigenvalue weighted by Gasteiger charge is 2.21. The largest absolute Gasteiger partial charge is 0.392 e. The number of aromatic nitrogens is 4. The number of nitrogens with two attached hydrogens (primary N) is 1. The second-order valence-electron chi connectivity index (χ2n) is 6.32. The van der Waals surface area contributed by atoms with E-state index in [2.05, 4.69) is 25.8 Å². The number of pyridine rings is 1. The number of anilines is 2. The number of hydrogen-bond donors (Lipinski definition) is 5. The predicted molar refractivity (Wildman–Crippen MR) is 105 cm³/mol. The van der Waals surface area contributed by atoms with Gasteiger partial charge in [0.25, 0.3) is 0 Å². The van der Waals surface area contributed by atoms with Crippen LogP contribution in [0.3, 0.4) is 0 Å². The first-order valence-electron chi connectivity index (χ1n) is 8.79. The molecule has 28 heavy (non-hydrogen) atoms. The molecule has 10 heteroatoms. The lowest BCUT2D eigenvalue weighted by Gasteiger charge is -2.13. The van der Waals surface area contributed by atoms with Gasteiger partial charge in [-0.15, -0.1) is 0 Å². The molecule has 0 aliphatic carbocycles. The van der Waals surface area contributed by atoms with E-state index in [0.717, 1.165) is 22.2 Å². The van der Waals surface area contributed by atoms with Crippen molar-refractivity contribution < 1.29 is 14.8 Å². The number of nitrogens with zero attached hydrogens (tertiary/aromatic N) is 5. The van der Waals surface area contributed by atoms with Gasteiger partial charge in [-0.3, -0.25) is 0 Å². The van der Waals surface area contributed by atoms with Crippen molar-refractivity contribution >= 4 is 28.9 Å². The molecule has 144 valence electrons. The molecule has 10 nitrogen and oxygen atoms in total. The predicted octanol–water partition coefficient (Wildman–Crippen LogP) is -0.0556. The molecule has 4 rings (SSSR count). The minimum atomic E-state index is -0.0615. The van der Waals surface area contributed by atoms with Crippen molar-refractivity contribution in [3.05, 3.63) is 53.7 Å². The van der Waals surface area contributed by atoms with Gasteiger partial charge in [0.15, 0.2) is 30.6 Å². The standard InChI is InChI=1S/C18H21N8O2/c19-24-18-17(23-15(8-21-18)14-9-25(10-14)3-4-27)20-6-12-1-2-26-16(5-12)13(11-28)7-22-26/h1-2,5,7-10,27-28H,3-4,6,11,19H2,(H,20,23)(H,21,24)/q+1. The summed E-state index contributed by atoms with van der Waals surface area (Å²) in [4.78, 5) is 8.91. The summed E-state index contributed by atoms with van der Waals surface area (Å²) in [7, 11) is 0. The maximum absolute atomic E-state index is 9.42. The molecule has 3 aromatic rings.